The Morgan fingerprint density at radius 2 is 1.06 bits per heavy atom. The van der Waals surface area contributed by atoms with Gasteiger partial charge in [-0.05, 0) is 0 Å². The minimum Gasteiger partial charge on any atom is -0.509 e. The minimum absolute atomic E-state index is 0.114. The van der Waals surface area contributed by atoms with Crippen molar-refractivity contribution in [3.05, 3.63) is 11.5 Å². The van der Waals surface area contributed by atoms with E-state index in [1.54, 1.807) is 0 Å². The Morgan fingerprint density at radius 3 is 1.19 bits per heavy atom. The van der Waals surface area contributed by atoms with Crippen molar-refractivity contribution in [3.63, 3.8) is 0 Å². The van der Waals surface area contributed by atoms with Crippen molar-refractivity contribution in [1.82, 2.24) is 0 Å². The summed E-state index contributed by atoms with van der Waals surface area (Å²) in [5.74, 6) is 0.521. The van der Waals surface area contributed by atoms with Gasteiger partial charge in [0.25, 0.3) is 0 Å². The van der Waals surface area contributed by atoms with Crippen LogP contribution in [0.25, 0.3) is 0 Å². The van der Waals surface area contributed by atoms with Crippen LogP contribution in [-0.4, -0.2) is 26.4 Å². The van der Waals surface area contributed by atoms with Gasteiger partial charge in [0.05, 0.1) is 16.1 Å². The smallest absolute Gasteiger partial charge is 0.136 e. The first-order valence-corrected chi connectivity index (χ1v) is 12.9. The molecule has 0 amide bonds. The first-order valence-electron chi connectivity index (χ1n) is 5.95. The van der Waals surface area contributed by atoms with Crippen molar-refractivity contribution in [2.24, 2.45) is 5.41 Å². The molecule has 2 nitrogen and oxygen atoms in total. The fourth-order valence-electron chi connectivity index (χ4n) is 4.60. The van der Waals surface area contributed by atoms with Gasteiger partial charge in [0, 0.05) is 10.1 Å². The van der Waals surface area contributed by atoms with Crippen molar-refractivity contribution < 1.29 is 10.2 Å². The summed E-state index contributed by atoms with van der Waals surface area (Å²) in [6.07, 6.45) is 0. The molecule has 1 aliphatic rings. The highest BCUT2D eigenvalue weighted by Crippen LogP contribution is 2.72. The molecular weight excluding hydrogens is 232 g/mol. The first-order chi connectivity index (χ1) is 6.82. The summed E-state index contributed by atoms with van der Waals surface area (Å²) >= 11 is 0. The number of rotatable bonds is 2. The van der Waals surface area contributed by atoms with E-state index in [2.05, 4.69) is 53.1 Å². The van der Waals surface area contributed by atoms with Gasteiger partial charge >= 0.3 is 0 Å². The van der Waals surface area contributed by atoms with Crippen molar-refractivity contribution in [2.75, 3.05) is 0 Å². The zero-order chi connectivity index (χ0) is 13.2. The third-order valence-electron chi connectivity index (χ3n) is 4.36. The maximum Gasteiger partial charge on any atom is 0.136 e. The van der Waals surface area contributed by atoms with Crippen LogP contribution in [0.5, 0.6) is 0 Å². The van der Waals surface area contributed by atoms with Gasteiger partial charge in [0.2, 0.25) is 0 Å². The zero-order valence-electron chi connectivity index (χ0n) is 11.9. The summed E-state index contributed by atoms with van der Waals surface area (Å²) in [5.41, 5.74) is -0.258. The molecule has 0 aliphatic heterocycles. The van der Waals surface area contributed by atoms with E-state index in [4.69, 9.17) is 0 Å². The Labute approximate surface area is 101 Å². The maximum atomic E-state index is 10.3. The van der Waals surface area contributed by atoms with E-state index < -0.39 is 16.1 Å². The van der Waals surface area contributed by atoms with Crippen molar-refractivity contribution in [2.45, 2.75) is 57.8 Å². The van der Waals surface area contributed by atoms with Crippen LogP contribution >= 0.6 is 0 Å². The second kappa shape index (κ2) is 3.16. The van der Waals surface area contributed by atoms with Gasteiger partial charge < -0.3 is 10.2 Å². The topological polar surface area (TPSA) is 40.5 Å². The van der Waals surface area contributed by atoms with Gasteiger partial charge in [-0.1, -0.05) is 53.1 Å². The van der Waals surface area contributed by atoms with Gasteiger partial charge in [-0.25, -0.2) is 0 Å². The summed E-state index contributed by atoms with van der Waals surface area (Å²) in [4.78, 5) is 0. The molecule has 0 saturated heterocycles. The molecule has 0 radical (unpaired) electrons. The van der Waals surface area contributed by atoms with Gasteiger partial charge in [0.15, 0.2) is 0 Å². The van der Waals surface area contributed by atoms with E-state index in [-0.39, 0.29) is 15.8 Å². The first kappa shape index (κ1) is 13.8. The lowest BCUT2D eigenvalue weighted by molar-refractivity contribution is 0.110. The molecule has 0 unspecified atom stereocenters. The molecule has 0 aromatic heterocycles. The molecule has 0 fully saturated rings. The molecule has 0 bridgehead atoms. The lowest BCUT2D eigenvalue weighted by Crippen LogP contribution is -2.67. The SMILES string of the molecule is CC1(C)C(O)=C(O)C1([Si](C)(C)C)[Si](C)(C)C. The molecule has 0 heterocycles. The van der Waals surface area contributed by atoms with E-state index in [0.717, 1.165) is 0 Å². The van der Waals surface area contributed by atoms with Crippen molar-refractivity contribution in [3.8, 4) is 0 Å². The van der Waals surface area contributed by atoms with Gasteiger partial charge in [-0.2, -0.15) is 0 Å². The molecule has 1 rings (SSSR count). The number of aliphatic hydroxyl groups is 2. The highest BCUT2D eigenvalue weighted by Gasteiger charge is 2.72. The Kier molecular flexibility index (Phi) is 2.73. The summed E-state index contributed by atoms with van der Waals surface area (Å²) < 4.78 is -0.114. The average Bonchev–Trinajstić information content (AvgIpc) is 1.97. The van der Waals surface area contributed by atoms with Crippen LogP contribution < -0.4 is 0 Å². The number of hydrogen-bond donors (Lipinski definition) is 2. The predicted octanol–water partition coefficient (Wildman–Crippen LogP) is 4.31. The van der Waals surface area contributed by atoms with Gasteiger partial charge in [-0.3, -0.25) is 0 Å². The van der Waals surface area contributed by atoms with E-state index in [1.807, 2.05) is 0 Å². The normalized spacial score (nSPS) is 24.2. The summed E-state index contributed by atoms with van der Waals surface area (Å²) in [5, 5.41) is 20.3. The average molecular weight is 259 g/mol. The van der Waals surface area contributed by atoms with Gasteiger partial charge in [0.1, 0.15) is 11.5 Å². The molecule has 1 aliphatic carbocycles. The van der Waals surface area contributed by atoms with E-state index >= 15 is 0 Å². The molecule has 94 valence electrons. The molecule has 0 atom stereocenters. The molecule has 0 saturated carbocycles. The number of aliphatic hydroxyl groups excluding tert-OH is 2. The standard InChI is InChI=1S/C12H26O2Si2/c1-11(2)9(13)10(14)12(11,15(3,4)5)16(6,7)8/h13-14H,1-8H3. The Balaban J connectivity index is 3.57. The molecule has 16 heavy (non-hydrogen) atoms. The quantitative estimate of drug-likeness (QED) is 0.725. The maximum absolute atomic E-state index is 10.3. The Hall–Kier alpha value is -0.226. The van der Waals surface area contributed by atoms with Crippen LogP contribution in [0.3, 0.4) is 0 Å². The monoisotopic (exact) mass is 258 g/mol. The largest absolute Gasteiger partial charge is 0.509 e. The molecule has 0 spiro atoms. The highest BCUT2D eigenvalue weighted by molar-refractivity contribution is 7.00. The van der Waals surface area contributed by atoms with Gasteiger partial charge in [-0.15, -0.1) is 0 Å². The lowest BCUT2D eigenvalue weighted by atomic mass is 9.74. The molecular formula is C12H26O2Si2. The second-order valence-corrected chi connectivity index (χ2v) is 18.6. The zero-order valence-corrected chi connectivity index (χ0v) is 13.9. The Morgan fingerprint density at radius 1 is 0.750 bits per heavy atom. The summed E-state index contributed by atoms with van der Waals surface area (Å²) in [6, 6.07) is 0. The third kappa shape index (κ3) is 1.23. The third-order valence-corrected chi connectivity index (χ3v) is 15.1. The molecule has 4 heteroatoms. The Bertz CT molecular complexity index is 329. The molecule has 2 N–H and O–H groups in total. The number of allylic oxidation sites excluding steroid dienone is 2. The van der Waals surface area contributed by atoms with Crippen LogP contribution in [-0.2, 0) is 0 Å². The summed E-state index contributed by atoms with van der Waals surface area (Å²) in [6.45, 7) is 18.0. The van der Waals surface area contributed by atoms with E-state index in [9.17, 15) is 10.2 Å². The predicted molar refractivity (Wildman–Crippen MR) is 75.4 cm³/mol. The molecule has 0 aromatic carbocycles. The second-order valence-electron chi connectivity index (χ2n) is 7.57. The highest BCUT2D eigenvalue weighted by atomic mass is 28.4. The molecule has 0 aromatic rings. The van der Waals surface area contributed by atoms with Crippen LogP contribution in [0.2, 0.25) is 43.9 Å². The fourth-order valence-corrected chi connectivity index (χ4v) is 19.2. The van der Waals surface area contributed by atoms with Crippen LogP contribution in [0.1, 0.15) is 13.8 Å². The number of hydrogen-bond acceptors (Lipinski definition) is 2. The van der Waals surface area contributed by atoms with Crippen LogP contribution in [0.15, 0.2) is 11.5 Å². The van der Waals surface area contributed by atoms with Crippen LogP contribution in [0, 0.1) is 5.41 Å². The minimum atomic E-state index is -1.61. The lowest BCUT2D eigenvalue weighted by Gasteiger charge is -2.65. The van der Waals surface area contributed by atoms with Crippen LogP contribution in [0.4, 0.5) is 0 Å². The van der Waals surface area contributed by atoms with Crippen molar-refractivity contribution >= 4 is 16.1 Å². The summed E-state index contributed by atoms with van der Waals surface area (Å²) in [7, 11) is -3.21. The fraction of sp³-hybridized carbons (Fsp3) is 0.833. The van der Waals surface area contributed by atoms with Crippen molar-refractivity contribution in [1.29, 1.82) is 0 Å². The van der Waals surface area contributed by atoms with E-state index in [0.29, 0.717) is 5.76 Å². The van der Waals surface area contributed by atoms with E-state index in [1.165, 1.54) is 0 Å².